The molecule has 1 aromatic heterocycles. The largest absolute Gasteiger partial charge is 0.472 e. The summed E-state index contributed by atoms with van der Waals surface area (Å²) in [5.41, 5.74) is -0.407. The van der Waals surface area contributed by atoms with Gasteiger partial charge in [0.25, 0.3) is 5.91 Å². The van der Waals surface area contributed by atoms with Crippen molar-refractivity contribution >= 4 is 44.6 Å². The molecule has 4 bridgehead atoms. The molecule has 0 radical (unpaired) electrons. The number of ether oxygens (including phenoxy) is 2. The van der Waals surface area contributed by atoms with E-state index in [-0.39, 0.29) is 26.0 Å². The van der Waals surface area contributed by atoms with Crippen LogP contribution in [0.5, 0.6) is 5.88 Å². The van der Waals surface area contributed by atoms with Crippen LogP contribution < -0.4 is 20.1 Å². The average molecular weight is 696 g/mol. The Morgan fingerprint density at radius 3 is 2.73 bits per heavy atom. The minimum atomic E-state index is -3.87. The second kappa shape index (κ2) is 14.3. The summed E-state index contributed by atoms with van der Waals surface area (Å²) >= 11 is 0. The highest BCUT2D eigenvalue weighted by atomic mass is 32.2. The number of pyridine rings is 1. The molecule has 14 heteroatoms. The summed E-state index contributed by atoms with van der Waals surface area (Å²) in [4.78, 5) is 60.5. The van der Waals surface area contributed by atoms with Crippen LogP contribution in [0.1, 0.15) is 76.7 Å². The number of carbonyl (C=O) groups excluding carboxylic acids is 4. The van der Waals surface area contributed by atoms with Crippen molar-refractivity contribution < 1.29 is 37.1 Å². The van der Waals surface area contributed by atoms with Crippen molar-refractivity contribution in [3.63, 3.8) is 0 Å². The van der Waals surface area contributed by atoms with E-state index in [0.29, 0.717) is 38.0 Å². The molecule has 1 unspecified atom stereocenters. The van der Waals surface area contributed by atoms with Gasteiger partial charge in [-0.3, -0.25) is 19.1 Å². The Bertz CT molecular complexity index is 1730. The van der Waals surface area contributed by atoms with Gasteiger partial charge in [-0.1, -0.05) is 38.0 Å². The standard InChI is InChI=1S/C35H45N5O8S/c1-3-5-10-28-32(42)40-21-25(19-29(40)30(41)38-35(20-24(35)4-2)33(43)39-49(45,46)26-13-14-26)48-31-27-18-22(11-12-23(27)15-16-36-31)9-7-6-8-17-47-34(44)37-28/h4,11-12,15-16,18,24-26,28-29H,2-3,5-10,13-14,17,19-21H2,1H3,(H,37,44)(H,38,41)(H,39,43)/t24-,25-,28+,29+,35?/m1/s1. The first-order valence-corrected chi connectivity index (χ1v) is 18.9. The van der Waals surface area contributed by atoms with Gasteiger partial charge in [-0.15, -0.1) is 6.58 Å². The van der Waals surface area contributed by atoms with E-state index in [1.54, 1.807) is 6.20 Å². The van der Waals surface area contributed by atoms with Gasteiger partial charge in [-0.25, -0.2) is 18.2 Å². The van der Waals surface area contributed by atoms with Crippen molar-refractivity contribution in [1.82, 2.24) is 25.2 Å². The summed E-state index contributed by atoms with van der Waals surface area (Å²) in [6.45, 7) is 5.98. The molecule has 2 saturated carbocycles. The van der Waals surface area contributed by atoms with Gasteiger partial charge in [-0.2, -0.15) is 0 Å². The molecule has 1 saturated heterocycles. The third-order valence-corrected chi connectivity index (χ3v) is 11.8. The summed E-state index contributed by atoms with van der Waals surface area (Å²) in [6, 6.07) is 6.00. The van der Waals surface area contributed by atoms with Crippen LogP contribution in [0, 0.1) is 5.92 Å². The second-order valence-electron chi connectivity index (χ2n) is 13.6. The van der Waals surface area contributed by atoms with Crippen LogP contribution in [0.3, 0.4) is 0 Å². The van der Waals surface area contributed by atoms with Crippen molar-refractivity contribution in [2.24, 2.45) is 5.92 Å². The summed E-state index contributed by atoms with van der Waals surface area (Å²) in [5.74, 6) is -2.03. The number of cyclic esters (lactones) is 1. The maximum Gasteiger partial charge on any atom is 0.407 e. The van der Waals surface area contributed by atoms with Gasteiger partial charge in [0.2, 0.25) is 27.7 Å². The van der Waals surface area contributed by atoms with Gasteiger partial charge < -0.3 is 25.0 Å². The third kappa shape index (κ3) is 7.68. The Morgan fingerprint density at radius 2 is 2.00 bits per heavy atom. The Balaban J connectivity index is 1.30. The predicted molar refractivity (Wildman–Crippen MR) is 181 cm³/mol. The van der Waals surface area contributed by atoms with E-state index in [4.69, 9.17) is 9.47 Å². The van der Waals surface area contributed by atoms with E-state index in [1.807, 2.05) is 25.1 Å². The zero-order chi connectivity index (χ0) is 34.8. The van der Waals surface area contributed by atoms with Gasteiger partial charge in [-0.05, 0) is 74.4 Å². The molecule has 49 heavy (non-hydrogen) atoms. The van der Waals surface area contributed by atoms with Crippen LogP contribution in [0.2, 0.25) is 0 Å². The smallest absolute Gasteiger partial charge is 0.407 e. The number of hydrogen-bond acceptors (Lipinski definition) is 9. The summed E-state index contributed by atoms with van der Waals surface area (Å²) in [6.07, 6.45) is 8.02. The number of aryl methyl sites for hydroxylation is 1. The lowest BCUT2D eigenvalue weighted by Gasteiger charge is -2.29. The Labute approximate surface area is 286 Å². The highest BCUT2D eigenvalue weighted by Crippen LogP contribution is 2.45. The topological polar surface area (TPSA) is 173 Å². The third-order valence-electron chi connectivity index (χ3n) is 9.95. The monoisotopic (exact) mass is 695 g/mol. The lowest BCUT2D eigenvalue weighted by molar-refractivity contribution is -0.141. The number of benzene rings is 1. The fourth-order valence-electron chi connectivity index (χ4n) is 6.81. The number of nitrogens with one attached hydrogen (secondary N) is 3. The molecule has 13 nitrogen and oxygen atoms in total. The van der Waals surface area contributed by atoms with Crippen molar-refractivity contribution in [3.05, 3.63) is 48.7 Å². The summed E-state index contributed by atoms with van der Waals surface area (Å²) in [7, 11) is -3.87. The fourth-order valence-corrected chi connectivity index (χ4v) is 8.18. The number of sulfonamides is 1. The molecule has 2 aromatic rings. The predicted octanol–water partition coefficient (Wildman–Crippen LogP) is 3.26. The van der Waals surface area contributed by atoms with E-state index in [2.05, 4.69) is 33.0 Å². The van der Waals surface area contributed by atoms with Gasteiger partial charge in [0.05, 0.1) is 18.4 Å². The lowest BCUT2D eigenvalue weighted by Crippen LogP contribution is -2.58. The van der Waals surface area contributed by atoms with Gasteiger partial charge in [0, 0.05) is 23.9 Å². The molecule has 0 spiro atoms. The van der Waals surface area contributed by atoms with Crippen LogP contribution in [0.4, 0.5) is 4.79 Å². The van der Waals surface area contributed by atoms with E-state index >= 15 is 0 Å². The Hall–Kier alpha value is -4.20. The van der Waals surface area contributed by atoms with Gasteiger partial charge in [0.1, 0.15) is 23.7 Å². The minimum absolute atomic E-state index is 0.0220. The molecule has 2 aliphatic carbocycles. The van der Waals surface area contributed by atoms with Crippen molar-refractivity contribution in [3.8, 4) is 5.88 Å². The zero-order valence-electron chi connectivity index (χ0n) is 27.8. The first-order valence-electron chi connectivity index (χ1n) is 17.3. The number of alkyl carbamates (subject to hydrolysis) is 1. The molecule has 3 N–H and O–H groups in total. The quantitative estimate of drug-likeness (QED) is 0.333. The maximum atomic E-state index is 14.2. The number of nitrogens with zero attached hydrogens (tertiary/aromatic N) is 2. The first kappa shape index (κ1) is 34.7. The normalized spacial score (nSPS) is 27.7. The molecule has 4 amide bonds. The number of aromatic nitrogens is 1. The van der Waals surface area contributed by atoms with Crippen LogP contribution in [-0.4, -0.2) is 84.2 Å². The molecule has 264 valence electrons. The minimum Gasteiger partial charge on any atom is -0.472 e. The van der Waals surface area contributed by atoms with Crippen molar-refractivity contribution in [2.75, 3.05) is 13.2 Å². The first-order chi connectivity index (χ1) is 23.5. The van der Waals surface area contributed by atoms with Gasteiger partial charge >= 0.3 is 6.09 Å². The molecule has 6 rings (SSSR count). The van der Waals surface area contributed by atoms with Crippen LogP contribution in [0.15, 0.2) is 43.1 Å². The number of rotatable bonds is 9. The number of carbonyl (C=O) groups is 4. The van der Waals surface area contributed by atoms with Crippen LogP contribution in [-0.2, 0) is 35.6 Å². The Morgan fingerprint density at radius 1 is 1.18 bits per heavy atom. The molecule has 2 aliphatic heterocycles. The number of fused-ring (bicyclic) bond motifs is 3. The van der Waals surface area contributed by atoms with Crippen molar-refractivity contribution in [1.29, 1.82) is 0 Å². The summed E-state index contributed by atoms with van der Waals surface area (Å²) in [5, 5.41) is 6.67. The highest BCUT2D eigenvalue weighted by molar-refractivity contribution is 7.91. The highest BCUT2D eigenvalue weighted by Gasteiger charge is 2.62. The molecule has 5 atom stereocenters. The number of hydrogen-bond donors (Lipinski definition) is 3. The van der Waals surface area contributed by atoms with Crippen LogP contribution in [0.25, 0.3) is 10.8 Å². The molecular weight excluding hydrogens is 650 g/mol. The van der Waals surface area contributed by atoms with Gasteiger partial charge in [0.15, 0.2) is 0 Å². The van der Waals surface area contributed by atoms with Crippen LogP contribution >= 0.6 is 0 Å². The summed E-state index contributed by atoms with van der Waals surface area (Å²) < 4.78 is 39.3. The Kier molecular flexibility index (Phi) is 10.1. The lowest BCUT2D eigenvalue weighted by atomic mass is 10.0. The average Bonchev–Trinajstić information content (AvgIpc) is 4.01. The second-order valence-corrected chi connectivity index (χ2v) is 15.6. The molecular formula is C35H45N5O8S. The molecule has 3 fully saturated rings. The van der Waals surface area contributed by atoms with Crippen molar-refractivity contribution in [2.45, 2.75) is 107 Å². The SMILES string of the molecule is C=C[C@@H]1CC1(NC(=O)[C@@H]1C[C@@H]2CN1C(=O)[C@H](CCCC)NC(=O)OCCCCCc1ccc3ccnc(c3c1)O2)C(=O)NS(=O)(=O)C1CC1. The molecule has 1 aromatic carbocycles. The number of amides is 4. The maximum absolute atomic E-state index is 14.2. The van der Waals surface area contributed by atoms with E-state index in [9.17, 15) is 27.6 Å². The van der Waals surface area contributed by atoms with E-state index < -0.39 is 68.7 Å². The van der Waals surface area contributed by atoms with E-state index in [1.165, 1.54) is 11.0 Å². The molecule has 3 heterocycles. The number of unbranched alkanes of at least 4 members (excludes halogenated alkanes) is 1. The zero-order valence-corrected chi connectivity index (χ0v) is 28.6. The molecule has 4 aliphatic rings. The fraction of sp³-hybridized carbons (Fsp3) is 0.571. The van der Waals surface area contributed by atoms with E-state index in [0.717, 1.165) is 42.0 Å².